The number of nitrogens with one attached hydrogen (secondary N) is 1. The summed E-state index contributed by atoms with van der Waals surface area (Å²) in [5.41, 5.74) is 2.45. The van der Waals surface area contributed by atoms with Crippen LogP contribution >= 0.6 is 0 Å². The Kier molecular flexibility index (Phi) is 3.32. The number of fused-ring (bicyclic) bond motifs is 1. The fourth-order valence-corrected chi connectivity index (χ4v) is 2.47. The van der Waals surface area contributed by atoms with Crippen LogP contribution in [0.5, 0.6) is 0 Å². The van der Waals surface area contributed by atoms with E-state index >= 15 is 0 Å². The summed E-state index contributed by atoms with van der Waals surface area (Å²) in [6.07, 6.45) is 2.43. The predicted octanol–water partition coefficient (Wildman–Crippen LogP) is 1.62. The van der Waals surface area contributed by atoms with Crippen molar-refractivity contribution in [1.82, 2.24) is 4.98 Å². The Morgan fingerprint density at radius 2 is 2.10 bits per heavy atom. The van der Waals surface area contributed by atoms with Crippen LogP contribution in [0.25, 0.3) is 10.9 Å². The van der Waals surface area contributed by atoms with Crippen molar-refractivity contribution in [1.29, 1.82) is 5.26 Å². The molecule has 1 aromatic heterocycles. The molecule has 6 heteroatoms. The lowest BCUT2D eigenvalue weighted by atomic mass is 9.73. The summed E-state index contributed by atoms with van der Waals surface area (Å²) in [4.78, 5) is 14.1. The number of carbonyl (C=O) groups excluding carboxylic acids is 1. The molecule has 0 unspecified atom stereocenters. The highest BCUT2D eigenvalue weighted by Crippen LogP contribution is 2.23. The van der Waals surface area contributed by atoms with Gasteiger partial charge in [-0.05, 0) is 6.07 Å². The van der Waals surface area contributed by atoms with E-state index < -0.39 is 7.12 Å². The van der Waals surface area contributed by atoms with Crippen LogP contribution < -0.4 is 5.46 Å². The Hall–Kier alpha value is -2.10. The topological polar surface area (TPSA) is 75.1 Å². The predicted molar refractivity (Wildman–Crippen MR) is 79.5 cm³/mol. The molecule has 1 aromatic carbocycles. The Labute approximate surface area is 123 Å². The van der Waals surface area contributed by atoms with E-state index in [4.69, 9.17) is 9.31 Å². The molecule has 1 aliphatic heterocycles. The minimum Gasteiger partial charge on any atom is -0.407 e. The largest absolute Gasteiger partial charge is 0.495 e. The zero-order chi connectivity index (χ0) is 15.0. The van der Waals surface area contributed by atoms with Gasteiger partial charge in [0, 0.05) is 46.8 Å². The Balaban J connectivity index is 2.04. The number of aldehydes is 1. The van der Waals surface area contributed by atoms with Crippen LogP contribution in [0.4, 0.5) is 0 Å². The number of H-pyrrole nitrogens is 1. The quantitative estimate of drug-likeness (QED) is 0.671. The lowest BCUT2D eigenvalue weighted by Gasteiger charge is -2.33. The van der Waals surface area contributed by atoms with Gasteiger partial charge in [0.05, 0.1) is 11.6 Å². The molecule has 1 aliphatic rings. The fourth-order valence-electron chi connectivity index (χ4n) is 2.47. The van der Waals surface area contributed by atoms with E-state index in [9.17, 15) is 10.1 Å². The maximum Gasteiger partial charge on any atom is 0.495 e. The first-order valence-corrected chi connectivity index (χ1v) is 6.77. The van der Waals surface area contributed by atoms with Crippen molar-refractivity contribution in [3.63, 3.8) is 0 Å². The summed E-state index contributed by atoms with van der Waals surface area (Å²) in [6.45, 7) is 5.25. The molecule has 0 aliphatic carbocycles. The molecule has 3 rings (SSSR count). The van der Waals surface area contributed by atoms with Crippen LogP contribution in [-0.2, 0) is 9.31 Å². The van der Waals surface area contributed by atoms with Crippen LogP contribution in [0.3, 0.4) is 0 Å². The number of nitriles is 1. The van der Waals surface area contributed by atoms with Crippen LogP contribution in [0.1, 0.15) is 29.8 Å². The molecule has 21 heavy (non-hydrogen) atoms. The Morgan fingerprint density at radius 3 is 2.71 bits per heavy atom. The number of hydrogen-bond donors (Lipinski definition) is 1. The first-order chi connectivity index (χ1) is 10.0. The monoisotopic (exact) mass is 282 g/mol. The van der Waals surface area contributed by atoms with Crippen LogP contribution in [-0.4, -0.2) is 31.6 Å². The molecule has 2 heterocycles. The van der Waals surface area contributed by atoms with Gasteiger partial charge in [0.1, 0.15) is 0 Å². The average molecular weight is 282 g/mol. The molecule has 5 nitrogen and oxygen atoms in total. The molecule has 0 radical (unpaired) electrons. The summed E-state index contributed by atoms with van der Waals surface area (Å²) in [5.74, 6) is 0. The number of aromatic nitrogens is 1. The van der Waals surface area contributed by atoms with Gasteiger partial charge in [0.15, 0.2) is 6.29 Å². The zero-order valence-corrected chi connectivity index (χ0v) is 12.0. The molecular weight excluding hydrogens is 267 g/mol. The highest BCUT2D eigenvalue weighted by Gasteiger charge is 2.35. The first-order valence-electron chi connectivity index (χ1n) is 6.77. The molecule has 1 saturated heterocycles. The molecule has 106 valence electrons. The number of benzene rings is 1. The molecule has 0 amide bonds. The van der Waals surface area contributed by atoms with Gasteiger partial charge in [-0.15, -0.1) is 0 Å². The summed E-state index contributed by atoms with van der Waals surface area (Å²) in [6, 6.07) is 5.69. The van der Waals surface area contributed by atoms with E-state index in [1.165, 1.54) is 0 Å². The molecule has 1 fully saturated rings. The van der Waals surface area contributed by atoms with E-state index in [0.29, 0.717) is 29.8 Å². The summed E-state index contributed by atoms with van der Waals surface area (Å²) >= 11 is 0. The number of carbonyl (C=O) groups is 1. The Bertz CT molecular complexity index is 735. The lowest BCUT2D eigenvalue weighted by Crippen LogP contribution is -2.48. The third-order valence-electron chi connectivity index (χ3n) is 3.64. The van der Waals surface area contributed by atoms with Crippen molar-refractivity contribution in [2.24, 2.45) is 5.41 Å². The number of rotatable bonds is 2. The van der Waals surface area contributed by atoms with E-state index in [1.807, 2.05) is 0 Å². The van der Waals surface area contributed by atoms with E-state index in [0.717, 1.165) is 17.2 Å². The van der Waals surface area contributed by atoms with Crippen molar-refractivity contribution >= 4 is 29.8 Å². The van der Waals surface area contributed by atoms with E-state index in [2.05, 4.69) is 24.9 Å². The van der Waals surface area contributed by atoms with Gasteiger partial charge in [-0.3, -0.25) is 4.79 Å². The third kappa shape index (κ3) is 2.46. The van der Waals surface area contributed by atoms with Crippen molar-refractivity contribution in [2.45, 2.75) is 13.8 Å². The highest BCUT2D eigenvalue weighted by molar-refractivity contribution is 6.62. The standard InChI is InChI=1S/C15H15BN2O3/c1-15(2)8-20-16(21-9-15)13-4-12-11(7-19)6-18-14(12)3-10(13)5-17/h3-4,6-7,18H,8-9H2,1-2H3. The van der Waals surface area contributed by atoms with E-state index in [-0.39, 0.29) is 5.41 Å². The van der Waals surface area contributed by atoms with Crippen molar-refractivity contribution < 1.29 is 14.1 Å². The van der Waals surface area contributed by atoms with Crippen LogP contribution in [0, 0.1) is 16.7 Å². The second-order valence-corrected chi connectivity index (χ2v) is 6.08. The van der Waals surface area contributed by atoms with Gasteiger partial charge >= 0.3 is 7.12 Å². The van der Waals surface area contributed by atoms with Crippen LogP contribution in [0.2, 0.25) is 0 Å². The normalized spacial score (nSPS) is 17.7. The van der Waals surface area contributed by atoms with Gasteiger partial charge in [0.2, 0.25) is 0 Å². The molecule has 0 atom stereocenters. The minimum atomic E-state index is -0.563. The van der Waals surface area contributed by atoms with Crippen molar-refractivity contribution in [3.8, 4) is 6.07 Å². The first kappa shape index (κ1) is 13.9. The second-order valence-electron chi connectivity index (χ2n) is 6.08. The minimum absolute atomic E-state index is 0.0323. The zero-order valence-electron chi connectivity index (χ0n) is 12.0. The van der Waals surface area contributed by atoms with E-state index in [1.54, 1.807) is 18.3 Å². The maximum atomic E-state index is 11.1. The van der Waals surface area contributed by atoms with Crippen molar-refractivity contribution in [3.05, 3.63) is 29.5 Å². The fraction of sp³-hybridized carbons (Fsp3) is 0.333. The van der Waals surface area contributed by atoms with Gasteiger partial charge in [-0.1, -0.05) is 19.9 Å². The summed E-state index contributed by atoms with van der Waals surface area (Å²) < 4.78 is 11.5. The average Bonchev–Trinajstić information content (AvgIpc) is 2.88. The van der Waals surface area contributed by atoms with Crippen molar-refractivity contribution in [2.75, 3.05) is 13.2 Å². The smallest absolute Gasteiger partial charge is 0.407 e. The second kappa shape index (κ2) is 5.03. The Morgan fingerprint density at radius 1 is 1.38 bits per heavy atom. The highest BCUT2D eigenvalue weighted by atomic mass is 16.6. The lowest BCUT2D eigenvalue weighted by molar-refractivity contribution is 0.0343. The van der Waals surface area contributed by atoms with Gasteiger partial charge in [0.25, 0.3) is 0 Å². The number of hydrogen-bond acceptors (Lipinski definition) is 4. The van der Waals surface area contributed by atoms with Gasteiger partial charge in [-0.25, -0.2) is 0 Å². The maximum absolute atomic E-state index is 11.1. The third-order valence-corrected chi connectivity index (χ3v) is 3.64. The SMILES string of the molecule is CC1(C)COB(c2cc3c(C=O)c[nH]c3cc2C#N)OC1. The summed E-state index contributed by atoms with van der Waals surface area (Å²) in [7, 11) is -0.563. The molecule has 2 aromatic rings. The molecule has 1 N–H and O–H groups in total. The molecule has 0 bridgehead atoms. The molecule has 0 saturated carbocycles. The van der Waals surface area contributed by atoms with Crippen LogP contribution in [0.15, 0.2) is 18.3 Å². The summed E-state index contributed by atoms with van der Waals surface area (Å²) in [5, 5.41) is 10.1. The molecule has 0 spiro atoms. The number of nitrogens with zero attached hydrogens (tertiary/aromatic N) is 1. The van der Waals surface area contributed by atoms with Gasteiger partial charge in [-0.2, -0.15) is 5.26 Å². The number of aromatic amines is 1. The van der Waals surface area contributed by atoms with Gasteiger partial charge < -0.3 is 14.3 Å². The molecular formula is C15H15BN2O3.